The standard InChI is InChI=1S/C12H21NO6S2/c1-2-19-12(14)10-4-3-6-13(8-10)21(17,18)11-5-7-20(15,16)9-11/h10-11H,2-9H2,1H3/t10-,11?/m1/s1. The first-order chi connectivity index (χ1) is 9.76. The third kappa shape index (κ3) is 3.75. The Hall–Kier alpha value is -0.670. The van der Waals surface area contributed by atoms with Gasteiger partial charge in [-0.3, -0.25) is 4.79 Å². The largest absolute Gasteiger partial charge is 0.466 e. The zero-order chi connectivity index (χ0) is 15.7. The van der Waals surface area contributed by atoms with Crippen molar-refractivity contribution in [3.05, 3.63) is 0 Å². The van der Waals surface area contributed by atoms with E-state index < -0.39 is 31.0 Å². The number of sulfone groups is 1. The highest BCUT2D eigenvalue weighted by Gasteiger charge is 2.42. The molecule has 2 atom stereocenters. The van der Waals surface area contributed by atoms with E-state index >= 15 is 0 Å². The van der Waals surface area contributed by atoms with Crippen LogP contribution in [0.5, 0.6) is 0 Å². The molecule has 2 aliphatic heterocycles. The number of ether oxygens (including phenoxy) is 1. The number of carbonyl (C=O) groups excluding carboxylic acids is 1. The molecule has 2 aliphatic rings. The normalized spacial score (nSPS) is 30.1. The molecule has 0 aromatic rings. The van der Waals surface area contributed by atoms with Crippen molar-refractivity contribution in [1.82, 2.24) is 4.31 Å². The van der Waals surface area contributed by atoms with Gasteiger partial charge in [-0.1, -0.05) is 0 Å². The summed E-state index contributed by atoms with van der Waals surface area (Å²) in [5.74, 6) is -1.22. The monoisotopic (exact) mass is 339 g/mol. The maximum Gasteiger partial charge on any atom is 0.310 e. The summed E-state index contributed by atoms with van der Waals surface area (Å²) in [6.07, 6.45) is 1.33. The van der Waals surface area contributed by atoms with Gasteiger partial charge in [0.1, 0.15) is 0 Å². The molecule has 1 unspecified atom stereocenters. The fraction of sp³-hybridized carbons (Fsp3) is 0.917. The molecule has 0 saturated carbocycles. The lowest BCUT2D eigenvalue weighted by Crippen LogP contribution is -2.46. The second-order valence-corrected chi connectivity index (χ2v) is 9.96. The van der Waals surface area contributed by atoms with Gasteiger partial charge in [0.05, 0.1) is 29.3 Å². The SMILES string of the molecule is CCOC(=O)[C@@H]1CCCN(S(=O)(=O)C2CCS(=O)(=O)C2)C1. The van der Waals surface area contributed by atoms with Crippen LogP contribution in [0, 0.1) is 5.92 Å². The number of carbonyl (C=O) groups is 1. The van der Waals surface area contributed by atoms with Crippen LogP contribution in [0.1, 0.15) is 26.2 Å². The number of hydrogen-bond donors (Lipinski definition) is 0. The van der Waals surface area contributed by atoms with Crippen molar-refractivity contribution in [2.75, 3.05) is 31.2 Å². The van der Waals surface area contributed by atoms with Gasteiger partial charge in [-0.15, -0.1) is 0 Å². The predicted octanol–water partition coefficient (Wildman–Crippen LogP) is -0.222. The minimum atomic E-state index is -3.67. The highest BCUT2D eigenvalue weighted by molar-refractivity contribution is 7.95. The average molecular weight is 339 g/mol. The number of nitrogens with zero attached hydrogens (tertiary/aromatic N) is 1. The molecular weight excluding hydrogens is 318 g/mol. The number of sulfonamides is 1. The second-order valence-electron chi connectivity index (χ2n) is 5.52. The summed E-state index contributed by atoms with van der Waals surface area (Å²) in [5.41, 5.74) is 0. The molecule has 0 amide bonds. The lowest BCUT2D eigenvalue weighted by molar-refractivity contribution is -0.149. The van der Waals surface area contributed by atoms with E-state index in [1.54, 1.807) is 6.92 Å². The molecule has 0 aromatic carbocycles. The molecule has 0 spiro atoms. The molecule has 2 saturated heterocycles. The molecule has 2 heterocycles. The summed E-state index contributed by atoms with van der Waals surface area (Å²) >= 11 is 0. The maximum absolute atomic E-state index is 12.5. The van der Waals surface area contributed by atoms with Crippen LogP contribution in [0.15, 0.2) is 0 Å². The van der Waals surface area contributed by atoms with Crippen LogP contribution in [0.2, 0.25) is 0 Å². The summed E-state index contributed by atoms with van der Waals surface area (Å²) in [7, 11) is -6.92. The highest BCUT2D eigenvalue weighted by Crippen LogP contribution is 2.27. The predicted molar refractivity (Wildman–Crippen MR) is 76.9 cm³/mol. The van der Waals surface area contributed by atoms with Gasteiger partial charge in [0, 0.05) is 13.1 Å². The van der Waals surface area contributed by atoms with Crippen molar-refractivity contribution in [3.8, 4) is 0 Å². The number of esters is 1. The van der Waals surface area contributed by atoms with E-state index in [1.165, 1.54) is 4.31 Å². The van der Waals surface area contributed by atoms with Crippen molar-refractivity contribution in [1.29, 1.82) is 0 Å². The number of rotatable bonds is 4. The maximum atomic E-state index is 12.5. The summed E-state index contributed by atoms with van der Waals surface area (Å²) in [6, 6.07) is 0. The van der Waals surface area contributed by atoms with Crippen molar-refractivity contribution < 1.29 is 26.4 Å². The molecular formula is C12H21NO6S2. The lowest BCUT2D eigenvalue weighted by Gasteiger charge is -2.32. The van der Waals surface area contributed by atoms with Crippen LogP contribution in [0.25, 0.3) is 0 Å². The molecule has 122 valence electrons. The van der Waals surface area contributed by atoms with Gasteiger partial charge in [0.15, 0.2) is 9.84 Å². The van der Waals surface area contributed by atoms with Crippen LogP contribution >= 0.6 is 0 Å². The molecule has 21 heavy (non-hydrogen) atoms. The van der Waals surface area contributed by atoms with E-state index in [1.807, 2.05) is 0 Å². The molecule has 0 aliphatic carbocycles. The smallest absolute Gasteiger partial charge is 0.310 e. The van der Waals surface area contributed by atoms with Crippen molar-refractivity contribution >= 4 is 25.8 Å². The Morgan fingerprint density at radius 1 is 1.33 bits per heavy atom. The molecule has 7 nitrogen and oxygen atoms in total. The van der Waals surface area contributed by atoms with E-state index in [0.717, 1.165) is 0 Å². The highest BCUT2D eigenvalue weighted by atomic mass is 32.2. The summed E-state index contributed by atoms with van der Waals surface area (Å²) < 4.78 is 54.2. The van der Waals surface area contributed by atoms with Crippen molar-refractivity contribution in [3.63, 3.8) is 0 Å². The summed E-state index contributed by atoms with van der Waals surface area (Å²) in [5, 5.41) is -0.872. The van der Waals surface area contributed by atoms with Crippen molar-refractivity contribution in [2.24, 2.45) is 5.92 Å². The average Bonchev–Trinajstić information content (AvgIpc) is 2.80. The molecule has 0 aromatic heterocycles. The van der Waals surface area contributed by atoms with Crippen LogP contribution in [-0.2, 0) is 29.4 Å². The van der Waals surface area contributed by atoms with Gasteiger partial charge in [0.2, 0.25) is 10.0 Å². The third-order valence-corrected chi connectivity index (χ3v) is 8.25. The number of hydrogen-bond acceptors (Lipinski definition) is 6. The van der Waals surface area contributed by atoms with Crippen LogP contribution in [0.4, 0.5) is 0 Å². The van der Waals surface area contributed by atoms with E-state index in [0.29, 0.717) is 19.4 Å². The zero-order valence-electron chi connectivity index (χ0n) is 12.0. The summed E-state index contributed by atoms with van der Waals surface area (Å²) in [6.45, 7) is 2.41. The Labute approximate surface area is 125 Å². The van der Waals surface area contributed by atoms with Gasteiger partial charge >= 0.3 is 5.97 Å². The Balaban J connectivity index is 2.08. The fourth-order valence-corrected chi connectivity index (χ4v) is 7.44. The topological polar surface area (TPSA) is 97.8 Å². The van der Waals surface area contributed by atoms with Gasteiger partial charge in [-0.25, -0.2) is 21.1 Å². The summed E-state index contributed by atoms with van der Waals surface area (Å²) in [4.78, 5) is 11.8. The third-order valence-electron chi connectivity index (χ3n) is 3.98. The van der Waals surface area contributed by atoms with Gasteiger partial charge in [-0.2, -0.15) is 0 Å². The second kappa shape index (κ2) is 6.21. The fourth-order valence-electron chi connectivity index (χ4n) is 2.83. The van der Waals surface area contributed by atoms with E-state index in [2.05, 4.69) is 0 Å². The van der Waals surface area contributed by atoms with Gasteiger partial charge < -0.3 is 4.74 Å². The van der Waals surface area contributed by atoms with Crippen LogP contribution in [0.3, 0.4) is 0 Å². The van der Waals surface area contributed by atoms with E-state index in [-0.39, 0.29) is 37.0 Å². The van der Waals surface area contributed by atoms with E-state index in [9.17, 15) is 21.6 Å². The van der Waals surface area contributed by atoms with Gasteiger partial charge in [0.25, 0.3) is 0 Å². The lowest BCUT2D eigenvalue weighted by atomic mass is 10.0. The minimum Gasteiger partial charge on any atom is -0.466 e. The Morgan fingerprint density at radius 3 is 2.62 bits per heavy atom. The molecule has 0 N–H and O–H groups in total. The Morgan fingerprint density at radius 2 is 2.05 bits per heavy atom. The van der Waals surface area contributed by atoms with Gasteiger partial charge in [-0.05, 0) is 26.2 Å². The first-order valence-corrected chi connectivity index (χ1v) is 10.4. The first-order valence-electron chi connectivity index (χ1n) is 7.12. The minimum absolute atomic E-state index is 0.0773. The molecule has 0 bridgehead atoms. The molecule has 0 radical (unpaired) electrons. The van der Waals surface area contributed by atoms with Crippen molar-refractivity contribution in [2.45, 2.75) is 31.4 Å². The first kappa shape index (κ1) is 16.7. The zero-order valence-corrected chi connectivity index (χ0v) is 13.7. The Bertz CT molecular complexity index is 597. The quantitative estimate of drug-likeness (QED) is 0.657. The van der Waals surface area contributed by atoms with E-state index in [4.69, 9.17) is 4.74 Å². The Kier molecular flexibility index (Phi) is 4.94. The number of piperidine rings is 1. The van der Waals surface area contributed by atoms with Crippen LogP contribution in [-0.4, -0.2) is 63.6 Å². The van der Waals surface area contributed by atoms with Crippen LogP contribution < -0.4 is 0 Å². The molecule has 2 fully saturated rings. The molecule has 2 rings (SSSR count). The molecule has 9 heteroatoms.